The number of methoxy groups -OCH3 is 2. The van der Waals surface area contributed by atoms with Crippen LogP contribution in [0.25, 0.3) is 11.1 Å². The van der Waals surface area contributed by atoms with E-state index in [1.165, 1.54) is 6.20 Å². The SMILES string of the molecule is COc1cccc(-c2cnc(=O)[nH]c2)c1OC. The Bertz CT molecular complexity index is 558. The largest absolute Gasteiger partial charge is 0.493 e. The summed E-state index contributed by atoms with van der Waals surface area (Å²) < 4.78 is 10.5. The summed E-state index contributed by atoms with van der Waals surface area (Å²) in [5, 5.41) is 0. The number of para-hydroxylation sites is 1. The van der Waals surface area contributed by atoms with Crippen LogP contribution in [-0.4, -0.2) is 24.2 Å². The highest BCUT2D eigenvalue weighted by atomic mass is 16.5. The van der Waals surface area contributed by atoms with Gasteiger partial charge in [-0.05, 0) is 6.07 Å². The van der Waals surface area contributed by atoms with Crippen molar-refractivity contribution in [3.05, 3.63) is 41.1 Å². The van der Waals surface area contributed by atoms with Crippen LogP contribution in [0.1, 0.15) is 0 Å². The first-order valence-electron chi connectivity index (χ1n) is 5.02. The molecule has 1 heterocycles. The van der Waals surface area contributed by atoms with E-state index in [4.69, 9.17) is 9.47 Å². The zero-order chi connectivity index (χ0) is 12.3. The summed E-state index contributed by atoms with van der Waals surface area (Å²) in [4.78, 5) is 17.1. The molecule has 0 fully saturated rings. The molecule has 0 saturated heterocycles. The number of nitrogens with one attached hydrogen (secondary N) is 1. The number of hydrogen-bond donors (Lipinski definition) is 1. The third-order valence-corrected chi connectivity index (χ3v) is 2.39. The molecule has 0 spiro atoms. The molecule has 0 saturated carbocycles. The minimum absolute atomic E-state index is 0.379. The van der Waals surface area contributed by atoms with Gasteiger partial charge in [-0.15, -0.1) is 0 Å². The van der Waals surface area contributed by atoms with E-state index in [1.54, 1.807) is 26.5 Å². The zero-order valence-electron chi connectivity index (χ0n) is 9.56. The minimum atomic E-state index is -0.379. The van der Waals surface area contributed by atoms with E-state index in [2.05, 4.69) is 9.97 Å². The fraction of sp³-hybridized carbons (Fsp3) is 0.167. The average Bonchev–Trinajstić information content (AvgIpc) is 2.38. The lowest BCUT2D eigenvalue weighted by atomic mass is 10.1. The van der Waals surface area contributed by atoms with E-state index in [9.17, 15) is 4.79 Å². The molecule has 0 bridgehead atoms. The molecule has 1 N–H and O–H groups in total. The molecule has 2 rings (SSSR count). The molecule has 0 aliphatic rings. The van der Waals surface area contributed by atoms with Crippen molar-refractivity contribution in [1.82, 2.24) is 9.97 Å². The fourth-order valence-corrected chi connectivity index (χ4v) is 1.60. The third kappa shape index (κ3) is 2.13. The number of nitrogens with zero attached hydrogens (tertiary/aromatic N) is 1. The maximum Gasteiger partial charge on any atom is 0.344 e. The number of rotatable bonds is 3. The van der Waals surface area contributed by atoms with E-state index in [0.29, 0.717) is 11.5 Å². The van der Waals surface area contributed by atoms with Crippen molar-refractivity contribution >= 4 is 0 Å². The second-order valence-electron chi connectivity index (χ2n) is 3.35. The van der Waals surface area contributed by atoms with Crippen LogP contribution in [-0.2, 0) is 0 Å². The number of benzene rings is 1. The molecular formula is C12H12N2O3. The average molecular weight is 232 g/mol. The van der Waals surface area contributed by atoms with Gasteiger partial charge in [0.2, 0.25) is 0 Å². The summed E-state index contributed by atoms with van der Waals surface area (Å²) in [7, 11) is 3.15. The molecule has 17 heavy (non-hydrogen) atoms. The number of ether oxygens (including phenoxy) is 2. The van der Waals surface area contributed by atoms with E-state index >= 15 is 0 Å². The molecule has 1 aromatic heterocycles. The van der Waals surface area contributed by atoms with Crippen molar-refractivity contribution in [3.8, 4) is 22.6 Å². The lowest BCUT2D eigenvalue weighted by Gasteiger charge is -2.11. The molecule has 88 valence electrons. The molecule has 0 atom stereocenters. The van der Waals surface area contributed by atoms with Crippen molar-refractivity contribution in [2.24, 2.45) is 0 Å². The summed E-state index contributed by atoms with van der Waals surface area (Å²) in [5.41, 5.74) is 1.20. The van der Waals surface area contributed by atoms with Gasteiger partial charge in [0.25, 0.3) is 0 Å². The predicted octanol–water partition coefficient (Wildman–Crippen LogP) is 1.45. The molecule has 5 heteroatoms. The van der Waals surface area contributed by atoms with E-state index in [1.807, 2.05) is 12.1 Å². The topological polar surface area (TPSA) is 64.2 Å². The Labute approximate surface area is 98.0 Å². The Hall–Kier alpha value is -2.30. The van der Waals surface area contributed by atoms with Crippen molar-refractivity contribution in [2.45, 2.75) is 0 Å². The summed E-state index contributed by atoms with van der Waals surface area (Å²) in [6, 6.07) is 5.53. The Balaban J connectivity index is 2.58. The van der Waals surface area contributed by atoms with Crippen LogP contribution in [0.2, 0.25) is 0 Å². The van der Waals surface area contributed by atoms with Crippen molar-refractivity contribution < 1.29 is 9.47 Å². The quantitative estimate of drug-likeness (QED) is 0.870. The van der Waals surface area contributed by atoms with Crippen LogP contribution >= 0.6 is 0 Å². The number of aromatic amines is 1. The van der Waals surface area contributed by atoms with Crippen LogP contribution in [0.4, 0.5) is 0 Å². The molecule has 2 aromatic rings. The maximum absolute atomic E-state index is 10.9. The van der Waals surface area contributed by atoms with Gasteiger partial charge < -0.3 is 14.5 Å². The van der Waals surface area contributed by atoms with Crippen molar-refractivity contribution in [2.75, 3.05) is 14.2 Å². The molecule has 5 nitrogen and oxygen atoms in total. The van der Waals surface area contributed by atoms with Gasteiger partial charge in [-0.3, -0.25) is 0 Å². The zero-order valence-corrected chi connectivity index (χ0v) is 9.56. The molecular weight excluding hydrogens is 220 g/mol. The first-order chi connectivity index (χ1) is 8.26. The van der Waals surface area contributed by atoms with Crippen molar-refractivity contribution in [3.63, 3.8) is 0 Å². The van der Waals surface area contributed by atoms with Gasteiger partial charge in [-0.2, -0.15) is 0 Å². The maximum atomic E-state index is 10.9. The number of hydrogen-bond acceptors (Lipinski definition) is 4. The predicted molar refractivity (Wildman–Crippen MR) is 63.4 cm³/mol. The molecule has 1 aromatic carbocycles. The third-order valence-electron chi connectivity index (χ3n) is 2.39. The molecule has 0 aliphatic carbocycles. The van der Waals surface area contributed by atoms with Gasteiger partial charge in [0.1, 0.15) is 0 Å². The first-order valence-corrected chi connectivity index (χ1v) is 5.02. The van der Waals surface area contributed by atoms with Gasteiger partial charge in [0.05, 0.1) is 14.2 Å². The highest BCUT2D eigenvalue weighted by molar-refractivity contribution is 5.72. The van der Waals surface area contributed by atoms with Gasteiger partial charge in [0, 0.05) is 23.5 Å². The van der Waals surface area contributed by atoms with Crippen LogP contribution in [0.15, 0.2) is 35.4 Å². The molecule has 0 radical (unpaired) electrons. The summed E-state index contributed by atoms with van der Waals surface area (Å²) >= 11 is 0. The monoisotopic (exact) mass is 232 g/mol. The molecule has 0 amide bonds. The van der Waals surface area contributed by atoms with Gasteiger partial charge >= 0.3 is 5.69 Å². The van der Waals surface area contributed by atoms with Crippen LogP contribution in [0.3, 0.4) is 0 Å². The Morgan fingerprint density at radius 3 is 2.65 bits per heavy atom. The summed E-state index contributed by atoms with van der Waals surface area (Å²) in [6.07, 6.45) is 3.09. The van der Waals surface area contributed by atoms with Crippen LogP contribution in [0.5, 0.6) is 11.5 Å². The normalized spacial score (nSPS) is 10.0. The second kappa shape index (κ2) is 4.69. The summed E-state index contributed by atoms with van der Waals surface area (Å²) in [5.74, 6) is 1.25. The van der Waals surface area contributed by atoms with Crippen LogP contribution < -0.4 is 15.2 Å². The first kappa shape index (κ1) is 11.2. The van der Waals surface area contributed by atoms with Gasteiger partial charge in [-0.1, -0.05) is 12.1 Å². The van der Waals surface area contributed by atoms with Gasteiger partial charge in [-0.25, -0.2) is 9.78 Å². The molecule has 0 unspecified atom stereocenters. The Morgan fingerprint density at radius 2 is 2.06 bits per heavy atom. The summed E-state index contributed by atoms with van der Waals surface area (Å²) in [6.45, 7) is 0. The van der Waals surface area contributed by atoms with Crippen LogP contribution in [0, 0.1) is 0 Å². The van der Waals surface area contributed by atoms with Crippen molar-refractivity contribution in [1.29, 1.82) is 0 Å². The lowest BCUT2D eigenvalue weighted by molar-refractivity contribution is 0.356. The molecule has 0 aliphatic heterocycles. The second-order valence-corrected chi connectivity index (χ2v) is 3.35. The number of aromatic nitrogens is 2. The van der Waals surface area contributed by atoms with Gasteiger partial charge in [0.15, 0.2) is 11.5 Å². The standard InChI is InChI=1S/C12H12N2O3/c1-16-10-5-3-4-9(11(10)17-2)8-6-13-12(15)14-7-8/h3-7H,1-2H3,(H,13,14,15). The number of H-pyrrole nitrogens is 1. The van der Waals surface area contributed by atoms with E-state index < -0.39 is 0 Å². The van der Waals surface area contributed by atoms with E-state index in [0.717, 1.165) is 11.1 Å². The fourth-order valence-electron chi connectivity index (χ4n) is 1.60. The minimum Gasteiger partial charge on any atom is -0.493 e. The smallest absolute Gasteiger partial charge is 0.344 e. The highest BCUT2D eigenvalue weighted by Crippen LogP contribution is 2.36. The lowest BCUT2D eigenvalue weighted by Crippen LogP contribution is -2.08. The Kier molecular flexibility index (Phi) is 3.09. The Morgan fingerprint density at radius 1 is 1.24 bits per heavy atom. The highest BCUT2D eigenvalue weighted by Gasteiger charge is 2.11. The van der Waals surface area contributed by atoms with E-state index in [-0.39, 0.29) is 5.69 Å².